The van der Waals surface area contributed by atoms with E-state index in [1.54, 1.807) is 18.2 Å². The Bertz CT molecular complexity index is 962. The summed E-state index contributed by atoms with van der Waals surface area (Å²) in [5, 5.41) is 9.41. The number of benzene rings is 2. The van der Waals surface area contributed by atoms with Crippen LogP contribution in [0.2, 0.25) is 0 Å². The molecule has 0 aliphatic carbocycles. The fourth-order valence-electron chi connectivity index (χ4n) is 2.21. The largest absolute Gasteiger partial charge is 0.332 e. The van der Waals surface area contributed by atoms with Gasteiger partial charge >= 0.3 is 0 Å². The van der Waals surface area contributed by atoms with Crippen molar-refractivity contribution in [3.63, 3.8) is 0 Å². The molecule has 1 N–H and O–H groups in total. The lowest BCUT2D eigenvalue weighted by atomic mass is 10.1. The van der Waals surface area contributed by atoms with Gasteiger partial charge < -0.3 is 4.98 Å². The predicted octanol–water partition coefficient (Wildman–Crippen LogP) is 2.98. The van der Waals surface area contributed by atoms with Crippen molar-refractivity contribution in [3.8, 4) is 6.07 Å². The number of nitrogens with zero attached hydrogens (tertiary/aromatic N) is 2. The topological polar surface area (TPSA) is 61.6 Å². The standard InChI is InChI=1S/C16H11N3OS/c17-9-11-5-7-12(8-6-11)10-19-15(20)13-3-1-2-4-14(13)18-16(19)21/h1-8H,10H2,(H,18,21). The van der Waals surface area contributed by atoms with Crippen molar-refractivity contribution in [3.05, 3.63) is 74.8 Å². The Hall–Kier alpha value is -2.71. The van der Waals surface area contributed by atoms with Gasteiger partial charge in [-0.15, -0.1) is 0 Å². The van der Waals surface area contributed by atoms with Crippen LogP contribution in [0.15, 0.2) is 53.3 Å². The molecule has 5 heteroatoms. The molecule has 102 valence electrons. The molecule has 0 amide bonds. The Labute approximate surface area is 125 Å². The van der Waals surface area contributed by atoms with Crippen molar-refractivity contribution in [2.75, 3.05) is 0 Å². The van der Waals surface area contributed by atoms with Gasteiger partial charge in [0.1, 0.15) is 0 Å². The van der Waals surface area contributed by atoms with Crippen LogP contribution >= 0.6 is 12.2 Å². The number of fused-ring (bicyclic) bond motifs is 1. The smallest absolute Gasteiger partial charge is 0.262 e. The van der Waals surface area contributed by atoms with E-state index in [0.29, 0.717) is 22.3 Å². The predicted molar refractivity (Wildman–Crippen MR) is 83.7 cm³/mol. The zero-order valence-electron chi connectivity index (χ0n) is 11.0. The van der Waals surface area contributed by atoms with Gasteiger partial charge in [-0.3, -0.25) is 9.36 Å². The summed E-state index contributed by atoms with van der Waals surface area (Å²) in [6.07, 6.45) is 0. The maximum absolute atomic E-state index is 12.5. The van der Waals surface area contributed by atoms with Crippen LogP contribution in [0.4, 0.5) is 0 Å². The summed E-state index contributed by atoms with van der Waals surface area (Å²) in [4.78, 5) is 15.6. The minimum atomic E-state index is -0.112. The molecule has 3 aromatic rings. The van der Waals surface area contributed by atoms with Crippen LogP contribution in [0, 0.1) is 16.1 Å². The molecule has 0 atom stereocenters. The number of rotatable bonds is 2. The van der Waals surface area contributed by atoms with Crippen molar-refractivity contribution in [1.82, 2.24) is 9.55 Å². The van der Waals surface area contributed by atoms with Gasteiger partial charge in [-0.1, -0.05) is 24.3 Å². The van der Waals surface area contributed by atoms with Crippen LogP contribution in [0.3, 0.4) is 0 Å². The Kier molecular flexibility index (Phi) is 3.38. The monoisotopic (exact) mass is 293 g/mol. The molecular formula is C16H11N3OS. The van der Waals surface area contributed by atoms with Gasteiger partial charge in [-0.2, -0.15) is 5.26 Å². The van der Waals surface area contributed by atoms with E-state index in [0.717, 1.165) is 11.1 Å². The molecule has 0 radical (unpaired) electrons. The number of para-hydroxylation sites is 1. The van der Waals surface area contributed by atoms with Crippen LogP contribution in [-0.2, 0) is 6.54 Å². The van der Waals surface area contributed by atoms with Gasteiger partial charge in [0.15, 0.2) is 4.77 Å². The molecule has 21 heavy (non-hydrogen) atoms. The summed E-state index contributed by atoms with van der Waals surface area (Å²) in [6.45, 7) is 0.380. The zero-order valence-corrected chi connectivity index (χ0v) is 11.9. The van der Waals surface area contributed by atoms with Crippen LogP contribution in [0.25, 0.3) is 10.9 Å². The molecule has 0 bridgehead atoms. The molecule has 2 aromatic carbocycles. The average molecular weight is 293 g/mol. The summed E-state index contributed by atoms with van der Waals surface area (Å²) in [7, 11) is 0. The van der Waals surface area contributed by atoms with Gasteiger partial charge in [0.25, 0.3) is 5.56 Å². The van der Waals surface area contributed by atoms with Crippen LogP contribution < -0.4 is 5.56 Å². The zero-order chi connectivity index (χ0) is 14.8. The SMILES string of the molecule is N#Cc1ccc(Cn2c(=S)[nH]c3ccccc3c2=O)cc1. The summed E-state index contributed by atoms with van der Waals surface area (Å²) < 4.78 is 1.92. The number of aromatic nitrogens is 2. The number of H-pyrrole nitrogens is 1. The number of hydrogen-bond acceptors (Lipinski definition) is 3. The minimum absolute atomic E-state index is 0.112. The lowest BCUT2D eigenvalue weighted by Crippen LogP contribution is -2.22. The van der Waals surface area contributed by atoms with Crippen molar-refractivity contribution in [2.45, 2.75) is 6.54 Å². The summed E-state index contributed by atoms with van der Waals surface area (Å²) >= 11 is 5.27. The fourth-order valence-corrected chi connectivity index (χ4v) is 2.47. The highest BCUT2D eigenvalue weighted by Crippen LogP contribution is 2.09. The third kappa shape index (κ3) is 2.49. The second-order valence-corrected chi connectivity index (χ2v) is 5.06. The van der Waals surface area contributed by atoms with E-state index >= 15 is 0 Å². The molecule has 0 unspecified atom stereocenters. The molecule has 0 aliphatic rings. The van der Waals surface area contributed by atoms with Crippen molar-refractivity contribution in [1.29, 1.82) is 5.26 Å². The maximum Gasteiger partial charge on any atom is 0.262 e. The van der Waals surface area contributed by atoms with Crippen molar-refractivity contribution in [2.24, 2.45) is 0 Å². The van der Waals surface area contributed by atoms with E-state index in [4.69, 9.17) is 17.5 Å². The second-order valence-electron chi connectivity index (χ2n) is 4.68. The fraction of sp³-hybridized carbons (Fsp3) is 0.0625. The molecule has 4 nitrogen and oxygen atoms in total. The summed E-state index contributed by atoms with van der Waals surface area (Å²) in [5.41, 5.74) is 2.14. The molecule has 0 spiro atoms. The van der Waals surface area contributed by atoms with Gasteiger partial charge in [0.2, 0.25) is 0 Å². The third-order valence-corrected chi connectivity index (χ3v) is 3.64. The second kappa shape index (κ2) is 5.35. The highest BCUT2D eigenvalue weighted by atomic mass is 32.1. The minimum Gasteiger partial charge on any atom is -0.332 e. The van der Waals surface area contributed by atoms with Crippen LogP contribution in [-0.4, -0.2) is 9.55 Å². The molecule has 3 rings (SSSR count). The summed E-state index contributed by atoms with van der Waals surface area (Å²) in [5.74, 6) is 0. The summed E-state index contributed by atoms with van der Waals surface area (Å²) in [6, 6.07) is 16.5. The molecule has 0 fully saturated rings. The lowest BCUT2D eigenvalue weighted by molar-refractivity contribution is 0.734. The van der Waals surface area contributed by atoms with Crippen molar-refractivity contribution < 1.29 is 0 Å². The third-order valence-electron chi connectivity index (χ3n) is 3.31. The first-order valence-corrected chi connectivity index (χ1v) is 6.81. The van der Waals surface area contributed by atoms with E-state index in [2.05, 4.69) is 11.1 Å². The lowest BCUT2D eigenvalue weighted by Gasteiger charge is -2.08. The number of nitriles is 1. The van der Waals surface area contributed by atoms with Gasteiger partial charge in [-0.25, -0.2) is 0 Å². The van der Waals surface area contributed by atoms with Gasteiger partial charge in [0.05, 0.1) is 29.1 Å². The number of hydrogen-bond donors (Lipinski definition) is 1. The molecule has 1 heterocycles. The molecule has 0 saturated heterocycles. The van der Waals surface area contributed by atoms with Gasteiger partial charge in [-0.05, 0) is 42.0 Å². The number of aromatic amines is 1. The Balaban J connectivity index is 2.10. The van der Waals surface area contributed by atoms with E-state index in [-0.39, 0.29) is 5.56 Å². The molecule has 0 aliphatic heterocycles. The first-order chi connectivity index (χ1) is 10.2. The van der Waals surface area contributed by atoms with E-state index in [1.165, 1.54) is 4.57 Å². The molecule has 0 saturated carbocycles. The normalized spacial score (nSPS) is 10.4. The van der Waals surface area contributed by atoms with E-state index in [9.17, 15) is 4.79 Å². The quantitative estimate of drug-likeness (QED) is 0.739. The Morgan fingerprint density at radius 1 is 1.14 bits per heavy atom. The molecule has 1 aromatic heterocycles. The van der Waals surface area contributed by atoms with Gasteiger partial charge in [0, 0.05) is 0 Å². The highest BCUT2D eigenvalue weighted by molar-refractivity contribution is 7.71. The van der Waals surface area contributed by atoms with E-state index < -0.39 is 0 Å². The van der Waals surface area contributed by atoms with Crippen LogP contribution in [0.1, 0.15) is 11.1 Å². The first kappa shape index (κ1) is 13.3. The van der Waals surface area contributed by atoms with E-state index in [1.807, 2.05) is 30.3 Å². The Morgan fingerprint density at radius 2 is 1.86 bits per heavy atom. The highest BCUT2D eigenvalue weighted by Gasteiger charge is 2.05. The number of nitrogens with one attached hydrogen (secondary N) is 1. The molecular weight excluding hydrogens is 282 g/mol. The Morgan fingerprint density at radius 3 is 2.57 bits per heavy atom. The van der Waals surface area contributed by atoms with Crippen molar-refractivity contribution >= 4 is 23.1 Å². The first-order valence-electron chi connectivity index (χ1n) is 6.40. The van der Waals surface area contributed by atoms with Crippen LogP contribution in [0.5, 0.6) is 0 Å². The average Bonchev–Trinajstić information content (AvgIpc) is 2.52. The maximum atomic E-state index is 12.5.